The molecular weight excluding hydrogens is 469 g/mol. The lowest BCUT2D eigenvalue weighted by Crippen LogP contribution is -2.01. The van der Waals surface area contributed by atoms with Gasteiger partial charge in [-0.25, -0.2) is 4.39 Å². The number of fused-ring (bicyclic) bond motifs is 1. The summed E-state index contributed by atoms with van der Waals surface area (Å²) in [6, 6.07) is 13.9. The van der Waals surface area contributed by atoms with E-state index in [4.69, 9.17) is 16.9 Å². The molecule has 0 bridgehead atoms. The van der Waals surface area contributed by atoms with Crippen LogP contribution in [-0.2, 0) is 6.42 Å². The van der Waals surface area contributed by atoms with E-state index in [1.165, 1.54) is 28.5 Å². The smallest absolute Gasteiger partial charge is 0.143 e. The van der Waals surface area contributed by atoms with Crippen molar-refractivity contribution in [2.45, 2.75) is 73.1 Å². The summed E-state index contributed by atoms with van der Waals surface area (Å²) < 4.78 is 13.9. The molecule has 3 aromatic rings. The van der Waals surface area contributed by atoms with Gasteiger partial charge >= 0.3 is 0 Å². The van der Waals surface area contributed by atoms with Gasteiger partial charge in [-0.3, -0.25) is 4.99 Å². The molecule has 1 unspecified atom stereocenters. The number of hydrogen-bond acceptors (Lipinski definition) is 2. The Labute approximate surface area is 220 Å². The van der Waals surface area contributed by atoms with E-state index in [0.717, 1.165) is 42.3 Å². The molecule has 190 valence electrons. The molecule has 1 atom stereocenters. The third-order valence-electron chi connectivity index (χ3n) is 6.05. The van der Waals surface area contributed by atoms with Gasteiger partial charge in [0.1, 0.15) is 5.82 Å². The number of hydrogen-bond donors (Lipinski definition) is 1. The van der Waals surface area contributed by atoms with Crippen LogP contribution < -0.4 is 0 Å². The van der Waals surface area contributed by atoms with Gasteiger partial charge in [0.15, 0.2) is 0 Å². The number of benzene rings is 2. The minimum absolute atomic E-state index is 0.189. The lowest BCUT2D eigenvalue weighted by Gasteiger charge is -2.14. The number of halogens is 2. The highest BCUT2D eigenvalue weighted by Gasteiger charge is 2.19. The van der Waals surface area contributed by atoms with Crippen LogP contribution in [0.5, 0.6) is 0 Å². The third-order valence-corrected chi connectivity index (χ3v) is 6.34. The average Bonchev–Trinajstić information content (AvgIpc) is 3.20. The van der Waals surface area contributed by atoms with Crippen molar-refractivity contribution in [1.82, 2.24) is 4.98 Å². The summed E-state index contributed by atoms with van der Waals surface area (Å²) in [7, 11) is 0. The number of aryl methyl sites for hydroxylation is 2. The second kappa shape index (κ2) is 14.4. The molecule has 1 N–H and O–H groups in total. The Morgan fingerprint density at radius 3 is 2.50 bits per heavy atom. The van der Waals surface area contributed by atoms with Crippen molar-refractivity contribution in [3.05, 3.63) is 93.0 Å². The zero-order chi connectivity index (χ0) is 26.7. The first-order valence-electron chi connectivity index (χ1n) is 12.6. The normalized spacial score (nSPS) is 13.0. The average molecular weight is 506 g/mol. The highest BCUT2D eigenvalue weighted by molar-refractivity contribution is 6.31. The Bertz CT molecular complexity index is 1270. The van der Waals surface area contributed by atoms with Gasteiger partial charge in [-0.05, 0) is 69.4 Å². The van der Waals surface area contributed by atoms with Crippen molar-refractivity contribution in [2.75, 3.05) is 0 Å². The van der Waals surface area contributed by atoms with Gasteiger partial charge in [0.05, 0.1) is 11.1 Å². The number of rotatable bonds is 8. The molecule has 36 heavy (non-hydrogen) atoms. The van der Waals surface area contributed by atoms with E-state index in [0.29, 0.717) is 5.57 Å². The molecule has 1 heterocycles. The standard InChI is InChI=1S/C21H23ClFN.C10H14N2/c1-4-5-6-16-17-11-18(22)19(23)12-20(17)24-21(16)14(3)15-9-7-13(2)8-10-15;1-4-5-10(3)12-7-6-9(2)8-11/h7-12,14,24H,4-6H2,1-3H3;5-7H,4H2,1-3H3/b;9-6+,10-5+,12-7+. The van der Waals surface area contributed by atoms with Crippen molar-refractivity contribution in [1.29, 1.82) is 5.26 Å². The first-order valence-corrected chi connectivity index (χ1v) is 12.9. The maximum absolute atomic E-state index is 13.9. The Balaban J connectivity index is 0.000000324. The largest absolute Gasteiger partial charge is 0.358 e. The second-order valence-electron chi connectivity index (χ2n) is 9.06. The summed E-state index contributed by atoms with van der Waals surface area (Å²) in [5, 5.41) is 9.64. The van der Waals surface area contributed by atoms with Crippen LogP contribution in [0.25, 0.3) is 10.9 Å². The summed E-state index contributed by atoms with van der Waals surface area (Å²) >= 11 is 6.03. The Kier molecular flexibility index (Phi) is 11.6. The summed E-state index contributed by atoms with van der Waals surface area (Å²) in [4.78, 5) is 7.57. The van der Waals surface area contributed by atoms with Crippen LogP contribution in [0, 0.1) is 24.1 Å². The third kappa shape index (κ3) is 8.21. The molecule has 0 aliphatic carbocycles. The van der Waals surface area contributed by atoms with Crippen LogP contribution in [0.2, 0.25) is 5.02 Å². The Morgan fingerprint density at radius 2 is 1.89 bits per heavy atom. The number of nitrogens with zero attached hydrogens (tertiary/aromatic N) is 2. The van der Waals surface area contributed by atoms with Gasteiger partial charge in [0, 0.05) is 40.0 Å². The molecular formula is C31H37ClFN3. The quantitative estimate of drug-likeness (QED) is 0.240. The SMILES string of the molecule is CC/C=C(C)/N=C/C=C(\C)C#N.CCCCc1c(C(C)c2ccc(C)cc2)[nH]c2cc(F)c(Cl)cc12. The molecule has 3 nitrogen and oxygen atoms in total. The highest BCUT2D eigenvalue weighted by Crippen LogP contribution is 2.35. The fraction of sp³-hybridized carbons (Fsp3) is 0.355. The molecule has 2 aromatic carbocycles. The van der Waals surface area contributed by atoms with E-state index >= 15 is 0 Å². The lowest BCUT2D eigenvalue weighted by molar-refractivity contribution is 0.630. The second-order valence-corrected chi connectivity index (χ2v) is 9.47. The Morgan fingerprint density at radius 1 is 1.19 bits per heavy atom. The van der Waals surface area contributed by atoms with Crippen LogP contribution >= 0.6 is 11.6 Å². The summed E-state index contributed by atoms with van der Waals surface area (Å²) in [6.07, 6.45) is 9.59. The molecule has 1 aromatic heterocycles. The number of aromatic amines is 1. The zero-order valence-corrected chi connectivity index (χ0v) is 23.0. The highest BCUT2D eigenvalue weighted by atomic mass is 35.5. The minimum atomic E-state index is -0.373. The fourth-order valence-corrected chi connectivity index (χ4v) is 4.10. The van der Waals surface area contributed by atoms with E-state index in [2.05, 4.69) is 61.9 Å². The maximum Gasteiger partial charge on any atom is 0.143 e. The van der Waals surface area contributed by atoms with Crippen LogP contribution in [0.1, 0.15) is 82.2 Å². The van der Waals surface area contributed by atoms with Crippen molar-refractivity contribution >= 4 is 28.7 Å². The number of allylic oxidation sites excluding steroid dienone is 4. The van der Waals surface area contributed by atoms with E-state index in [1.807, 2.05) is 19.1 Å². The molecule has 0 radical (unpaired) electrons. The van der Waals surface area contributed by atoms with E-state index in [-0.39, 0.29) is 16.8 Å². The van der Waals surface area contributed by atoms with Gasteiger partial charge in [-0.15, -0.1) is 0 Å². The van der Waals surface area contributed by atoms with Gasteiger partial charge < -0.3 is 4.98 Å². The number of unbranched alkanes of at least 4 members (excludes halogenated alkanes) is 1. The van der Waals surface area contributed by atoms with E-state index < -0.39 is 0 Å². The maximum atomic E-state index is 13.9. The first-order chi connectivity index (χ1) is 17.2. The van der Waals surface area contributed by atoms with Crippen molar-refractivity contribution in [2.24, 2.45) is 4.99 Å². The van der Waals surface area contributed by atoms with E-state index in [9.17, 15) is 4.39 Å². The number of nitrogens with one attached hydrogen (secondary N) is 1. The summed E-state index contributed by atoms with van der Waals surface area (Å²) in [6.45, 7) is 12.2. The van der Waals surface area contributed by atoms with Crippen molar-refractivity contribution in [3.63, 3.8) is 0 Å². The van der Waals surface area contributed by atoms with Crippen molar-refractivity contribution < 1.29 is 4.39 Å². The van der Waals surface area contributed by atoms with Crippen molar-refractivity contribution in [3.8, 4) is 6.07 Å². The number of aliphatic imine (C=N–C) groups is 1. The zero-order valence-electron chi connectivity index (χ0n) is 22.3. The molecule has 0 saturated carbocycles. The molecule has 0 saturated heterocycles. The van der Waals surface area contributed by atoms with Gasteiger partial charge in [-0.2, -0.15) is 5.26 Å². The topological polar surface area (TPSA) is 51.9 Å². The number of aromatic nitrogens is 1. The minimum Gasteiger partial charge on any atom is -0.358 e. The lowest BCUT2D eigenvalue weighted by atomic mass is 9.92. The molecule has 5 heteroatoms. The van der Waals surface area contributed by atoms with Crippen LogP contribution in [0.4, 0.5) is 4.39 Å². The molecule has 0 aliphatic rings. The van der Waals surface area contributed by atoms with Crippen LogP contribution in [0.15, 0.2) is 64.8 Å². The number of nitriles is 1. The molecule has 0 fully saturated rings. The van der Waals surface area contributed by atoms with Gasteiger partial charge in [0.25, 0.3) is 0 Å². The number of H-pyrrole nitrogens is 1. The molecule has 3 rings (SSSR count). The van der Waals surface area contributed by atoms with Crippen LogP contribution in [0.3, 0.4) is 0 Å². The monoisotopic (exact) mass is 505 g/mol. The fourth-order valence-electron chi connectivity index (χ4n) is 3.93. The summed E-state index contributed by atoms with van der Waals surface area (Å²) in [5.74, 6) is -0.145. The predicted octanol–water partition coefficient (Wildman–Crippen LogP) is 9.60. The molecule has 0 amide bonds. The molecule has 0 aliphatic heterocycles. The Hall–Kier alpha value is -3.16. The first kappa shape index (κ1) is 29.1. The van der Waals surface area contributed by atoms with Gasteiger partial charge in [0.2, 0.25) is 0 Å². The van der Waals surface area contributed by atoms with E-state index in [1.54, 1.807) is 25.3 Å². The summed E-state index contributed by atoms with van der Waals surface area (Å²) in [5.41, 5.74) is 7.43. The molecule has 0 spiro atoms. The predicted molar refractivity (Wildman–Crippen MR) is 152 cm³/mol. The van der Waals surface area contributed by atoms with Crippen LogP contribution in [-0.4, -0.2) is 11.2 Å². The van der Waals surface area contributed by atoms with Gasteiger partial charge in [-0.1, -0.05) is 74.7 Å².